The molecule has 124 valence electrons. The van der Waals surface area contributed by atoms with Crippen LogP contribution in [0.2, 0.25) is 0 Å². The Kier molecular flexibility index (Phi) is 4.56. The van der Waals surface area contributed by atoms with Gasteiger partial charge in [-0.1, -0.05) is 0 Å². The highest BCUT2D eigenvalue weighted by Crippen LogP contribution is 2.40. The highest BCUT2D eigenvalue weighted by atomic mass is 79.9. The molecule has 0 saturated heterocycles. The van der Waals surface area contributed by atoms with Crippen molar-refractivity contribution in [2.75, 3.05) is 7.11 Å². The molecule has 24 heavy (non-hydrogen) atoms. The van der Waals surface area contributed by atoms with Gasteiger partial charge in [0, 0.05) is 14.9 Å². The van der Waals surface area contributed by atoms with E-state index in [1.54, 1.807) is 30.6 Å². The lowest BCUT2D eigenvalue weighted by atomic mass is 10.2. The molecule has 0 spiro atoms. The average Bonchev–Trinajstić information content (AvgIpc) is 2.82. The molecule has 5 nitrogen and oxygen atoms in total. The number of halogens is 1. The monoisotopic (exact) mass is 406 g/mol. The maximum absolute atomic E-state index is 11.2. The number of hydrogen-bond acceptors (Lipinski definition) is 6. The second-order valence-electron chi connectivity index (χ2n) is 5.28. The van der Waals surface area contributed by atoms with Gasteiger partial charge in [0.25, 0.3) is 0 Å². The number of nitrogens with zero attached hydrogens (tertiary/aromatic N) is 2. The van der Waals surface area contributed by atoms with Crippen molar-refractivity contribution in [3.8, 4) is 17.4 Å². The van der Waals surface area contributed by atoms with E-state index in [2.05, 4.69) is 25.9 Å². The van der Waals surface area contributed by atoms with Crippen LogP contribution < -0.4 is 9.47 Å². The predicted molar refractivity (Wildman–Crippen MR) is 97.8 cm³/mol. The normalized spacial score (nSPS) is 10.9. The van der Waals surface area contributed by atoms with Crippen LogP contribution in [-0.4, -0.2) is 23.4 Å². The molecule has 0 unspecified atom stereocenters. The van der Waals surface area contributed by atoms with Crippen LogP contribution >= 0.6 is 27.3 Å². The van der Waals surface area contributed by atoms with Gasteiger partial charge in [-0.3, -0.25) is 4.79 Å². The highest BCUT2D eigenvalue weighted by Gasteiger charge is 2.18. The number of ether oxygens (including phenoxy) is 2. The summed E-state index contributed by atoms with van der Waals surface area (Å²) in [4.78, 5) is 22.2. The van der Waals surface area contributed by atoms with E-state index in [1.807, 2.05) is 20.8 Å². The molecule has 0 aliphatic rings. The van der Waals surface area contributed by atoms with E-state index in [-0.39, 0.29) is 0 Å². The van der Waals surface area contributed by atoms with Gasteiger partial charge in [-0.2, -0.15) is 4.98 Å². The maximum Gasteiger partial charge on any atom is 0.231 e. The van der Waals surface area contributed by atoms with E-state index in [0.29, 0.717) is 33.2 Å². The molecule has 0 saturated carbocycles. The first-order valence-corrected chi connectivity index (χ1v) is 8.80. The number of aryl methyl sites for hydroxylation is 3. The average molecular weight is 407 g/mol. The van der Waals surface area contributed by atoms with Gasteiger partial charge in [-0.05, 0) is 54.4 Å². The molecule has 7 heteroatoms. The van der Waals surface area contributed by atoms with Crippen molar-refractivity contribution < 1.29 is 14.3 Å². The van der Waals surface area contributed by atoms with E-state index in [9.17, 15) is 4.79 Å². The topological polar surface area (TPSA) is 61.3 Å². The van der Waals surface area contributed by atoms with Crippen LogP contribution in [0.3, 0.4) is 0 Å². The molecule has 0 N–H and O–H groups in total. The Morgan fingerprint density at radius 2 is 1.92 bits per heavy atom. The zero-order valence-corrected chi connectivity index (χ0v) is 16.0. The number of aromatic nitrogens is 2. The number of rotatable bonds is 4. The van der Waals surface area contributed by atoms with Gasteiger partial charge in [0.15, 0.2) is 17.8 Å². The number of hydrogen-bond donors (Lipinski definition) is 0. The number of benzene rings is 1. The first-order chi connectivity index (χ1) is 11.4. The van der Waals surface area contributed by atoms with Crippen LogP contribution in [-0.2, 0) is 0 Å². The molecule has 3 aromatic rings. The van der Waals surface area contributed by atoms with E-state index in [1.165, 1.54) is 4.88 Å². The second-order valence-corrected chi connectivity index (χ2v) is 7.34. The molecule has 0 amide bonds. The lowest BCUT2D eigenvalue weighted by Gasteiger charge is -2.12. The summed E-state index contributed by atoms with van der Waals surface area (Å²) in [5, 5.41) is 0.890. The van der Waals surface area contributed by atoms with Crippen LogP contribution in [0.4, 0.5) is 0 Å². The highest BCUT2D eigenvalue weighted by molar-refractivity contribution is 9.10. The van der Waals surface area contributed by atoms with Crippen molar-refractivity contribution in [3.05, 3.63) is 38.4 Å². The standard InChI is InChI=1S/C17H15BrN2O3S/c1-8-9(2)24-17-15(8)16(19-10(3)20-17)23-14-5-11(7-21)12(18)6-13(14)22-4/h5-7H,1-4H3. The Hall–Kier alpha value is -1.99. The van der Waals surface area contributed by atoms with Crippen molar-refractivity contribution in [2.24, 2.45) is 0 Å². The van der Waals surface area contributed by atoms with Crippen LogP contribution in [0, 0.1) is 20.8 Å². The lowest BCUT2D eigenvalue weighted by Crippen LogP contribution is -1.97. The van der Waals surface area contributed by atoms with Crippen molar-refractivity contribution in [2.45, 2.75) is 20.8 Å². The maximum atomic E-state index is 11.2. The fourth-order valence-corrected chi connectivity index (χ4v) is 3.85. The third kappa shape index (κ3) is 2.89. The van der Waals surface area contributed by atoms with Gasteiger partial charge in [-0.15, -0.1) is 11.3 Å². The summed E-state index contributed by atoms with van der Waals surface area (Å²) in [5.41, 5.74) is 1.57. The third-order valence-corrected chi connectivity index (χ3v) is 5.51. The van der Waals surface area contributed by atoms with E-state index in [4.69, 9.17) is 9.47 Å². The van der Waals surface area contributed by atoms with E-state index in [0.717, 1.165) is 22.1 Å². The molecule has 2 heterocycles. The summed E-state index contributed by atoms with van der Waals surface area (Å²) in [5.74, 6) is 2.05. The fourth-order valence-electron chi connectivity index (χ4n) is 2.37. The largest absolute Gasteiger partial charge is 0.493 e. The molecular formula is C17H15BrN2O3S. The minimum absolute atomic E-state index is 0.436. The van der Waals surface area contributed by atoms with Crippen LogP contribution in [0.25, 0.3) is 10.2 Å². The van der Waals surface area contributed by atoms with Gasteiger partial charge in [0.1, 0.15) is 10.7 Å². The molecule has 0 atom stereocenters. The summed E-state index contributed by atoms with van der Waals surface area (Å²) < 4.78 is 12.0. The molecule has 0 aliphatic heterocycles. The summed E-state index contributed by atoms with van der Waals surface area (Å²) >= 11 is 4.95. The predicted octanol–water partition coefficient (Wildman–Crippen LogP) is 4.99. The van der Waals surface area contributed by atoms with Crippen molar-refractivity contribution in [1.82, 2.24) is 9.97 Å². The Balaban J connectivity index is 2.18. The number of fused-ring (bicyclic) bond motifs is 1. The summed E-state index contributed by atoms with van der Waals surface area (Å²) in [7, 11) is 1.55. The van der Waals surface area contributed by atoms with E-state index < -0.39 is 0 Å². The smallest absolute Gasteiger partial charge is 0.231 e. The van der Waals surface area contributed by atoms with Gasteiger partial charge >= 0.3 is 0 Å². The number of aldehydes is 1. The lowest BCUT2D eigenvalue weighted by molar-refractivity contribution is 0.112. The summed E-state index contributed by atoms with van der Waals surface area (Å²) in [6, 6.07) is 3.34. The van der Waals surface area contributed by atoms with Crippen LogP contribution in [0.1, 0.15) is 26.6 Å². The molecule has 3 rings (SSSR count). The number of carbonyl (C=O) groups is 1. The first-order valence-electron chi connectivity index (χ1n) is 7.19. The van der Waals surface area contributed by atoms with Gasteiger partial charge in [0.2, 0.25) is 5.88 Å². The zero-order chi connectivity index (χ0) is 17.4. The van der Waals surface area contributed by atoms with Crippen molar-refractivity contribution in [1.29, 1.82) is 0 Å². The molecule has 1 aromatic carbocycles. The van der Waals surface area contributed by atoms with Crippen LogP contribution in [0.15, 0.2) is 16.6 Å². The van der Waals surface area contributed by atoms with E-state index >= 15 is 0 Å². The first kappa shape index (κ1) is 16.9. The quantitative estimate of drug-likeness (QED) is 0.570. The number of carbonyl (C=O) groups excluding carboxylic acids is 1. The summed E-state index contributed by atoms with van der Waals surface area (Å²) in [6.45, 7) is 5.90. The van der Waals surface area contributed by atoms with Crippen molar-refractivity contribution >= 4 is 43.8 Å². The molecule has 2 aromatic heterocycles. The van der Waals surface area contributed by atoms with Crippen molar-refractivity contribution in [3.63, 3.8) is 0 Å². The zero-order valence-electron chi connectivity index (χ0n) is 13.6. The molecule has 0 radical (unpaired) electrons. The summed E-state index contributed by atoms with van der Waals surface area (Å²) in [6.07, 6.45) is 0.761. The van der Waals surface area contributed by atoms with Crippen LogP contribution in [0.5, 0.6) is 17.4 Å². The minimum Gasteiger partial charge on any atom is -0.493 e. The minimum atomic E-state index is 0.436. The third-order valence-electron chi connectivity index (χ3n) is 3.72. The fraction of sp³-hybridized carbons (Fsp3) is 0.235. The Labute approximate surface area is 151 Å². The van der Waals surface area contributed by atoms with Gasteiger partial charge < -0.3 is 9.47 Å². The van der Waals surface area contributed by atoms with Gasteiger partial charge in [0.05, 0.1) is 12.5 Å². The number of methoxy groups -OCH3 is 1. The van der Waals surface area contributed by atoms with Gasteiger partial charge in [-0.25, -0.2) is 4.98 Å². The number of thiophene rings is 1. The molecule has 0 aliphatic carbocycles. The molecule has 0 fully saturated rings. The SMILES string of the molecule is COc1cc(Br)c(C=O)cc1Oc1nc(C)nc2sc(C)c(C)c12. The molecule has 0 bridgehead atoms. The Morgan fingerprint density at radius 3 is 2.58 bits per heavy atom. The second kappa shape index (κ2) is 6.49. The Bertz CT molecular complexity index is 953. The Morgan fingerprint density at radius 1 is 1.17 bits per heavy atom. The molecular weight excluding hydrogens is 392 g/mol.